The van der Waals surface area contributed by atoms with Crippen LogP contribution in [0.25, 0.3) is 0 Å². The van der Waals surface area contributed by atoms with E-state index in [2.05, 4.69) is 15.6 Å². The smallest absolute Gasteiger partial charge is 0.257 e. The van der Waals surface area contributed by atoms with E-state index in [4.69, 9.17) is 11.6 Å². The number of pyridine rings is 1. The van der Waals surface area contributed by atoms with Gasteiger partial charge in [0.2, 0.25) is 0 Å². The van der Waals surface area contributed by atoms with Crippen LogP contribution in [0.1, 0.15) is 17.3 Å². The quantitative estimate of drug-likeness (QED) is 0.732. The molecule has 0 fully saturated rings. The first-order chi connectivity index (χ1) is 10.0. The van der Waals surface area contributed by atoms with Gasteiger partial charge < -0.3 is 10.6 Å². The molecule has 0 unspecified atom stereocenters. The zero-order chi connectivity index (χ0) is 15.4. The summed E-state index contributed by atoms with van der Waals surface area (Å²) in [7, 11) is 0. The minimum absolute atomic E-state index is 0.335. The van der Waals surface area contributed by atoms with E-state index in [9.17, 15) is 9.18 Å². The molecule has 0 bridgehead atoms. The number of carbonyl (C=O) groups excluding carboxylic acids is 1. The summed E-state index contributed by atoms with van der Waals surface area (Å²) in [4.78, 5) is 16.2. The van der Waals surface area contributed by atoms with Crippen molar-refractivity contribution >= 4 is 51.6 Å². The molecular weight excluding hydrogens is 408 g/mol. The van der Waals surface area contributed by atoms with Crippen molar-refractivity contribution in [1.82, 2.24) is 4.98 Å². The maximum atomic E-state index is 13.0. The maximum absolute atomic E-state index is 13.0. The second kappa shape index (κ2) is 7.04. The third kappa shape index (κ3) is 4.04. The van der Waals surface area contributed by atoms with Gasteiger partial charge in [0.05, 0.1) is 16.3 Å². The minimum Gasteiger partial charge on any atom is -0.369 e. The molecule has 4 nitrogen and oxygen atoms in total. The van der Waals surface area contributed by atoms with Crippen molar-refractivity contribution in [1.29, 1.82) is 0 Å². The van der Waals surface area contributed by atoms with Crippen LogP contribution >= 0.6 is 34.2 Å². The van der Waals surface area contributed by atoms with Crippen LogP contribution < -0.4 is 10.6 Å². The Kier molecular flexibility index (Phi) is 5.35. The number of carbonyl (C=O) groups is 1. The van der Waals surface area contributed by atoms with Gasteiger partial charge in [-0.15, -0.1) is 0 Å². The van der Waals surface area contributed by atoms with Crippen LogP contribution in [0.15, 0.2) is 30.5 Å². The molecule has 0 atom stereocenters. The van der Waals surface area contributed by atoms with E-state index in [1.807, 2.05) is 29.5 Å². The van der Waals surface area contributed by atoms with Crippen LogP contribution in [0.4, 0.5) is 15.9 Å². The Morgan fingerprint density at radius 1 is 1.43 bits per heavy atom. The van der Waals surface area contributed by atoms with Crippen LogP contribution in [-0.4, -0.2) is 17.4 Å². The zero-order valence-electron chi connectivity index (χ0n) is 11.1. The number of hydrogen-bond donors (Lipinski definition) is 2. The molecule has 1 aromatic carbocycles. The molecule has 2 rings (SSSR count). The Bertz CT molecular complexity index is 681. The highest BCUT2D eigenvalue weighted by Crippen LogP contribution is 2.22. The molecule has 1 amide bonds. The Balaban J connectivity index is 2.18. The van der Waals surface area contributed by atoms with Crippen molar-refractivity contribution < 1.29 is 9.18 Å². The summed E-state index contributed by atoms with van der Waals surface area (Å²) in [5.74, 6) is -0.166. The molecule has 2 aromatic rings. The number of rotatable bonds is 4. The highest BCUT2D eigenvalue weighted by Gasteiger charge is 2.11. The lowest BCUT2D eigenvalue weighted by Crippen LogP contribution is -2.14. The van der Waals surface area contributed by atoms with Crippen LogP contribution in [0.5, 0.6) is 0 Å². The Hall–Kier alpha value is -1.41. The summed E-state index contributed by atoms with van der Waals surface area (Å²) in [6.45, 7) is 2.61. The number of amides is 1. The molecule has 0 saturated carbocycles. The largest absolute Gasteiger partial charge is 0.369 e. The monoisotopic (exact) mass is 419 g/mol. The van der Waals surface area contributed by atoms with Gasteiger partial charge in [-0.2, -0.15) is 0 Å². The molecular formula is C14H12ClFIN3O. The Labute approximate surface area is 140 Å². The van der Waals surface area contributed by atoms with Crippen LogP contribution in [0, 0.1) is 9.39 Å². The van der Waals surface area contributed by atoms with Gasteiger partial charge in [-0.05, 0) is 53.8 Å². The molecule has 2 N–H and O–H groups in total. The summed E-state index contributed by atoms with van der Waals surface area (Å²) < 4.78 is 13.6. The number of nitrogens with zero attached hydrogens (tertiary/aromatic N) is 1. The van der Waals surface area contributed by atoms with Crippen molar-refractivity contribution in [3.8, 4) is 0 Å². The van der Waals surface area contributed by atoms with E-state index in [0.29, 0.717) is 32.2 Å². The topological polar surface area (TPSA) is 54.0 Å². The maximum Gasteiger partial charge on any atom is 0.257 e. The average Bonchev–Trinajstić information content (AvgIpc) is 2.44. The van der Waals surface area contributed by atoms with Crippen molar-refractivity contribution in [2.45, 2.75) is 6.92 Å². The standard InChI is InChI=1S/C14H12ClFIN3O/c1-2-18-13-10(15)5-8(7-19-13)14(21)20-12-4-3-9(16)6-11(12)17/h3-7H,2H2,1H3,(H,18,19)(H,20,21). The van der Waals surface area contributed by atoms with E-state index in [0.717, 1.165) is 0 Å². The summed E-state index contributed by atoms with van der Waals surface area (Å²) in [6.07, 6.45) is 1.44. The van der Waals surface area contributed by atoms with Crippen molar-refractivity contribution in [2.75, 3.05) is 17.2 Å². The molecule has 0 aliphatic carbocycles. The molecule has 0 radical (unpaired) electrons. The number of anilines is 2. The molecule has 0 aliphatic heterocycles. The number of halogens is 3. The fourth-order valence-electron chi connectivity index (χ4n) is 1.64. The van der Waals surface area contributed by atoms with Crippen LogP contribution in [0.3, 0.4) is 0 Å². The summed E-state index contributed by atoms with van der Waals surface area (Å²) >= 11 is 8.01. The van der Waals surface area contributed by atoms with Crippen LogP contribution in [-0.2, 0) is 0 Å². The predicted octanol–water partition coefficient (Wildman–Crippen LogP) is 4.16. The highest BCUT2D eigenvalue weighted by molar-refractivity contribution is 14.1. The molecule has 1 heterocycles. The highest BCUT2D eigenvalue weighted by atomic mass is 127. The molecule has 21 heavy (non-hydrogen) atoms. The van der Waals surface area contributed by atoms with Gasteiger partial charge in [-0.25, -0.2) is 9.37 Å². The molecule has 110 valence electrons. The predicted molar refractivity (Wildman–Crippen MR) is 90.5 cm³/mol. The van der Waals surface area contributed by atoms with Gasteiger partial charge in [-0.1, -0.05) is 11.6 Å². The number of nitrogens with one attached hydrogen (secondary N) is 2. The Morgan fingerprint density at radius 2 is 2.19 bits per heavy atom. The molecule has 0 spiro atoms. The van der Waals surface area contributed by atoms with Gasteiger partial charge in [0.1, 0.15) is 11.6 Å². The van der Waals surface area contributed by atoms with E-state index < -0.39 is 0 Å². The van der Waals surface area contributed by atoms with Gasteiger partial charge in [0.25, 0.3) is 5.91 Å². The van der Waals surface area contributed by atoms with Crippen molar-refractivity contribution in [3.63, 3.8) is 0 Å². The first-order valence-electron chi connectivity index (χ1n) is 6.17. The lowest BCUT2D eigenvalue weighted by molar-refractivity contribution is 0.102. The van der Waals surface area contributed by atoms with E-state index >= 15 is 0 Å². The SMILES string of the molecule is CCNc1ncc(C(=O)Nc2ccc(F)cc2I)cc1Cl. The van der Waals surface area contributed by atoms with E-state index in [1.165, 1.54) is 30.5 Å². The molecule has 0 saturated heterocycles. The minimum atomic E-state index is -0.350. The van der Waals surface area contributed by atoms with E-state index in [1.54, 1.807) is 0 Å². The van der Waals surface area contributed by atoms with E-state index in [-0.39, 0.29) is 11.7 Å². The fraction of sp³-hybridized carbons (Fsp3) is 0.143. The number of benzene rings is 1. The number of aromatic nitrogens is 1. The first kappa shape index (κ1) is 16.0. The third-order valence-electron chi connectivity index (χ3n) is 2.63. The fourth-order valence-corrected chi connectivity index (χ4v) is 2.49. The third-order valence-corrected chi connectivity index (χ3v) is 3.81. The number of hydrogen-bond acceptors (Lipinski definition) is 3. The van der Waals surface area contributed by atoms with Crippen molar-refractivity contribution in [2.24, 2.45) is 0 Å². The zero-order valence-corrected chi connectivity index (χ0v) is 14.0. The average molecular weight is 420 g/mol. The second-order valence-corrected chi connectivity index (χ2v) is 5.73. The van der Waals surface area contributed by atoms with Gasteiger partial charge >= 0.3 is 0 Å². The van der Waals surface area contributed by atoms with Gasteiger partial charge in [0.15, 0.2) is 0 Å². The van der Waals surface area contributed by atoms with Crippen molar-refractivity contribution in [3.05, 3.63) is 50.4 Å². The lowest BCUT2D eigenvalue weighted by atomic mass is 10.2. The Morgan fingerprint density at radius 3 is 2.81 bits per heavy atom. The second-order valence-electron chi connectivity index (χ2n) is 4.16. The van der Waals surface area contributed by atoms with Crippen LogP contribution in [0.2, 0.25) is 5.02 Å². The lowest BCUT2D eigenvalue weighted by Gasteiger charge is -2.09. The first-order valence-corrected chi connectivity index (χ1v) is 7.62. The molecule has 7 heteroatoms. The van der Waals surface area contributed by atoms with Gasteiger partial charge in [0, 0.05) is 16.3 Å². The normalized spacial score (nSPS) is 10.3. The summed E-state index contributed by atoms with van der Waals surface area (Å²) in [5, 5.41) is 6.06. The summed E-state index contributed by atoms with van der Waals surface area (Å²) in [6, 6.07) is 5.68. The summed E-state index contributed by atoms with van der Waals surface area (Å²) in [5.41, 5.74) is 0.871. The molecule has 1 aromatic heterocycles. The van der Waals surface area contributed by atoms with Gasteiger partial charge in [-0.3, -0.25) is 4.79 Å². The molecule has 0 aliphatic rings.